The summed E-state index contributed by atoms with van der Waals surface area (Å²) in [6, 6.07) is 2.82. The molecule has 0 N–H and O–H groups in total. The molecule has 3 rings (SSSR count). The van der Waals surface area contributed by atoms with Crippen molar-refractivity contribution in [3.05, 3.63) is 16.5 Å². The van der Waals surface area contributed by atoms with Crippen molar-refractivity contribution in [3.63, 3.8) is 0 Å². The number of aryl methyl sites for hydroxylation is 1. The van der Waals surface area contributed by atoms with E-state index in [1.54, 1.807) is 0 Å². The van der Waals surface area contributed by atoms with Crippen LogP contribution in [0.15, 0.2) is 10.7 Å². The molecule has 0 spiro atoms. The zero-order valence-corrected chi connectivity index (χ0v) is 13.2. The van der Waals surface area contributed by atoms with E-state index in [0.717, 1.165) is 41.3 Å². The first-order valence-electron chi connectivity index (χ1n) is 7.10. The van der Waals surface area contributed by atoms with Gasteiger partial charge in [-0.2, -0.15) is 0 Å². The highest BCUT2D eigenvalue weighted by Crippen LogP contribution is 2.31. The molecule has 2 aliphatic heterocycles. The monoisotopic (exact) mass is 324 g/mol. The van der Waals surface area contributed by atoms with Crippen LogP contribution in [0.2, 0.25) is 0 Å². The smallest absolute Gasteiger partial charge is 0.133 e. The lowest BCUT2D eigenvalue weighted by Crippen LogP contribution is -2.52. The topological polar surface area (TPSA) is 32.3 Å². The highest BCUT2D eigenvalue weighted by Gasteiger charge is 2.34. The van der Waals surface area contributed by atoms with Crippen molar-refractivity contribution in [3.8, 4) is 0 Å². The van der Waals surface area contributed by atoms with Gasteiger partial charge in [0.05, 0.1) is 0 Å². The van der Waals surface area contributed by atoms with Gasteiger partial charge in [-0.25, -0.2) is 9.97 Å². The van der Waals surface area contributed by atoms with E-state index in [1.807, 2.05) is 13.0 Å². The Morgan fingerprint density at radius 3 is 2.89 bits per heavy atom. The van der Waals surface area contributed by atoms with Gasteiger partial charge >= 0.3 is 0 Å². The first kappa shape index (κ1) is 13.3. The number of hydrogen-bond donors (Lipinski definition) is 0. The molecule has 1 aromatic heterocycles. The molecule has 1 aromatic rings. The second-order valence-corrected chi connectivity index (χ2v) is 6.59. The summed E-state index contributed by atoms with van der Waals surface area (Å²) in [6.07, 6.45) is 3.94. The number of rotatable bonds is 1. The number of aromatic nitrogens is 2. The first-order chi connectivity index (χ1) is 9.13. The number of anilines is 1. The Morgan fingerprint density at radius 1 is 1.26 bits per heavy atom. The summed E-state index contributed by atoms with van der Waals surface area (Å²) in [7, 11) is 2.28. The molecule has 2 fully saturated rings. The van der Waals surface area contributed by atoms with Crippen LogP contribution >= 0.6 is 15.9 Å². The van der Waals surface area contributed by atoms with E-state index < -0.39 is 0 Å². The average molecular weight is 325 g/mol. The van der Waals surface area contributed by atoms with Crippen molar-refractivity contribution in [1.82, 2.24) is 14.9 Å². The third-order valence-electron chi connectivity index (χ3n) is 4.46. The minimum atomic E-state index is 0.774. The molecule has 0 aromatic carbocycles. The number of halogens is 1. The van der Waals surface area contributed by atoms with Crippen molar-refractivity contribution in [2.45, 2.75) is 32.2 Å². The van der Waals surface area contributed by atoms with Crippen LogP contribution in [-0.2, 0) is 0 Å². The van der Waals surface area contributed by atoms with Crippen LogP contribution in [0.25, 0.3) is 0 Å². The quantitative estimate of drug-likeness (QED) is 0.743. The standard InChI is InChI=1S/C14H21BrN4/c1-10-16-13(15)8-14(17-10)19-7-5-12-11(9-19)4-3-6-18(12)2/h8,11-12H,3-7,9H2,1-2H3. The Balaban J connectivity index is 1.77. The number of likely N-dealkylation sites (tertiary alicyclic amines) is 1. The van der Waals surface area contributed by atoms with Crippen LogP contribution in [-0.4, -0.2) is 47.6 Å². The summed E-state index contributed by atoms with van der Waals surface area (Å²) in [5.41, 5.74) is 0. The Hall–Kier alpha value is -0.680. The van der Waals surface area contributed by atoms with E-state index in [9.17, 15) is 0 Å². The van der Waals surface area contributed by atoms with Crippen LogP contribution in [0.1, 0.15) is 25.1 Å². The Kier molecular flexibility index (Phi) is 3.76. The molecule has 2 unspecified atom stereocenters. The fraction of sp³-hybridized carbons (Fsp3) is 0.714. The van der Waals surface area contributed by atoms with Gasteiger partial charge < -0.3 is 9.80 Å². The van der Waals surface area contributed by atoms with E-state index in [1.165, 1.54) is 25.8 Å². The molecule has 5 heteroatoms. The van der Waals surface area contributed by atoms with Crippen molar-refractivity contribution in [2.75, 3.05) is 31.6 Å². The van der Waals surface area contributed by atoms with Gasteiger partial charge in [0.15, 0.2) is 0 Å². The molecule has 2 aliphatic rings. The maximum absolute atomic E-state index is 4.59. The minimum Gasteiger partial charge on any atom is -0.356 e. The first-order valence-corrected chi connectivity index (χ1v) is 7.89. The second kappa shape index (κ2) is 5.37. The SMILES string of the molecule is Cc1nc(Br)cc(N2CCC3C(CCCN3C)C2)n1. The molecule has 0 aliphatic carbocycles. The lowest BCUT2D eigenvalue weighted by Gasteiger charge is -2.46. The third-order valence-corrected chi connectivity index (χ3v) is 4.87. The summed E-state index contributed by atoms with van der Waals surface area (Å²) in [4.78, 5) is 13.9. The molecule has 2 saturated heterocycles. The van der Waals surface area contributed by atoms with Gasteiger partial charge in [-0.1, -0.05) is 0 Å². The third kappa shape index (κ3) is 2.77. The number of piperidine rings is 2. The summed E-state index contributed by atoms with van der Waals surface area (Å²) in [5, 5.41) is 0. The zero-order chi connectivity index (χ0) is 13.4. The molecule has 3 heterocycles. The lowest BCUT2D eigenvalue weighted by molar-refractivity contribution is 0.102. The molecular formula is C14H21BrN4. The number of nitrogens with zero attached hydrogens (tertiary/aromatic N) is 4. The van der Waals surface area contributed by atoms with Crippen molar-refractivity contribution in [2.24, 2.45) is 5.92 Å². The summed E-state index contributed by atoms with van der Waals surface area (Å²) in [5.74, 6) is 2.71. The highest BCUT2D eigenvalue weighted by atomic mass is 79.9. The Bertz CT molecular complexity index is 445. The molecule has 0 amide bonds. The predicted octanol–water partition coefficient (Wildman–Crippen LogP) is 2.47. The fourth-order valence-electron chi connectivity index (χ4n) is 3.54. The second-order valence-electron chi connectivity index (χ2n) is 5.78. The number of fused-ring (bicyclic) bond motifs is 1. The van der Waals surface area contributed by atoms with Gasteiger partial charge in [0.2, 0.25) is 0 Å². The normalized spacial score (nSPS) is 28.3. The van der Waals surface area contributed by atoms with Crippen LogP contribution in [0.5, 0.6) is 0 Å². The van der Waals surface area contributed by atoms with E-state index >= 15 is 0 Å². The number of hydrogen-bond acceptors (Lipinski definition) is 4. The Morgan fingerprint density at radius 2 is 2.11 bits per heavy atom. The average Bonchev–Trinajstić information content (AvgIpc) is 2.37. The summed E-state index contributed by atoms with van der Waals surface area (Å²) in [6.45, 7) is 5.46. The molecule has 104 valence electrons. The van der Waals surface area contributed by atoms with Gasteiger partial charge in [0.25, 0.3) is 0 Å². The van der Waals surface area contributed by atoms with Crippen LogP contribution in [0.3, 0.4) is 0 Å². The minimum absolute atomic E-state index is 0.774. The van der Waals surface area contributed by atoms with E-state index in [0.29, 0.717) is 0 Å². The maximum Gasteiger partial charge on any atom is 0.133 e. The molecule has 0 saturated carbocycles. The van der Waals surface area contributed by atoms with Gasteiger partial charge in [-0.3, -0.25) is 0 Å². The molecule has 0 bridgehead atoms. The zero-order valence-electron chi connectivity index (χ0n) is 11.6. The summed E-state index contributed by atoms with van der Waals surface area (Å²) < 4.78 is 0.887. The predicted molar refractivity (Wildman–Crippen MR) is 80.4 cm³/mol. The summed E-state index contributed by atoms with van der Waals surface area (Å²) >= 11 is 3.47. The van der Waals surface area contributed by atoms with Crippen LogP contribution in [0, 0.1) is 12.8 Å². The van der Waals surface area contributed by atoms with Crippen molar-refractivity contribution in [1.29, 1.82) is 0 Å². The largest absolute Gasteiger partial charge is 0.356 e. The van der Waals surface area contributed by atoms with Gasteiger partial charge in [0, 0.05) is 25.2 Å². The van der Waals surface area contributed by atoms with Gasteiger partial charge in [-0.15, -0.1) is 0 Å². The van der Waals surface area contributed by atoms with Crippen molar-refractivity contribution < 1.29 is 0 Å². The van der Waals surface area contributed by atoms with Crippen molar-refractivity contribution >= 4 is 21.7 Å². The van der Waals surface area contributed by atoms with Gasteiger partial charge in [-0.05, 0) is 61.6 Å². The van der Waals surface area contributed by atoms with Crippen LogP contribution in [0.4, 0.5) is 5.82 Å². The van der Waals surface area contributed by atoms with E-state index in [-0.39, 0.29) is 0 Å². The molecule has 0 radical (unpaired) electrons. The molecular weight excluding hydrogens is 304 g/mol. The maximum atomic E-state index is 4.59. The molecule has 2 atom stereocenters. The molecule has 4 nitrogen and oxygen atoms in total. The highest BCUT2D eigenvalue weighted by molar-refractivity contribution is 9.10. The fourth-order valence-corrected chi connectivity index (χ4v) is 4.00. The Labute approximate surface area is 123 Å². The lowest BCUT2D eigenvalue weighted by atomic mass is 9.84. The van der Waals surface area contributed by atoms with Crippen LogP contribution < -0.4 is 4.90 Å². The van der Waals surface area contributed by atoms with E-state index in [4.69, 9.17) is 0 Å². The van der Waals surface area contributed by atoms with Gasteiger partial charge in [0.1, 0.15) is 16.2 Å². The molecule has 19 heavy (non-hydrogen) atoms. The van der Waals surface area contributed by atoms with E-state index in [2.05, 4.69) is 42.7 Å².